The summed E-state index contributed by atoms with van der Waals surface area (Å²) in [5, 5.41) is 16.1. The van der Waals surface area contributed by atoms with Crippen molar-refractivity contribution in [1.29, 1.82) is 0 Å². The van der Waals surface area contributed by atoms with Gasteiger partial charge in [-0.05, 0) is 0 Å². The number of nitrogens with one attached hydrogen (secondary N) is 1. The number of hydrogen-bond donors (Lipinski definition) is 2. The van der Waals surface area contributed by atoms with E-state index >= 15 is 0 Å². The molecule has 2 aromatic rings. The molecule has 0 unspecified atom stereocenters. The second-order valence-electron chi connectivity index (χ2n) is 3.50. The Bertz CT molecular complexity index is 506. The molecular weight excluding hydrogens is 240 g/mol. The first-order chi connectivity index (χ1) is 8.18. The highest BCUT2D eigenvalue weighted by Gasteiger charge is 2.14. The Hall–Kier alpha value is -1.73. The number of carbonyl (C=O) groups is 1. The molecular formula is C10H12N4O2S. The molecule has 0 atom stereocenters. The lowest BCUT2D eigenvalue weighted by atomic mass is 10.2. The van der Waals surface area contributed by atoms with Crippen molar-refractivity contribution < 1.29 is 9.90 Å². The van der Waals surface area contributed by atoms with Crippen molar-refractivity contribution in [1.82, 2.24) is 20.1 Å². The minimum absolute atomic E-state index is 0.240. The quantitative estimate of drug-likeness (QED) is 0.825. The number of carboxylic acid groups (broad SMARTS) is 1. The zero-order valence-corrected chi connectivity index (χ0v) is 10.1. The molecule has 0 saturated heterocycles. The molecule has 0 aliphatic carbocycles. The third kappa shape index (κ3) is 2.69. The van der Waals surface area contributed by atoms with Crippen molar-refractivity contribution in [3.63, 3.8) is 0 Å². The van der Waals surface area contributed by atoms with Crippen molar-refractivity contribution in [2.75, 3.05) is 0 Å². The molecule has 2 heterocycles. The van der Waals surface area contributed by atoms with Crippen molar-refractivity contribution in [3.05, 3.63) is 34.0 Å². The van der Waals surface area contributed by atoms with E-state index in [4.69, 9.17) is 5.11 Å². The van der Waals surface area contributed by atoms with Gasteiger partial charge in [-0.3, -0.25) is 9.67 Å². The van der Waals surface area contributed by atoms with Gasteiger partial charge in [0.25, 0.3) is 0 Å². The molecule has 0 amide bonds. The third-order valence-corrected chi connectivity index (χ3v) is 3.15. The minimum Gasteiger partial charge on any atom is -0.478 e. The SMILES string of the molecule is Cn1ncc(C(=O)O)c1CNCc1cncs1. The Labute approximate surface area is 102 Å². The molecule has 0 spiro atoms. The van der Waals surface area contributed by atoms with Gasteiger partial charge in [0.2, 0.25) is 0 Å². The van der Waals surface area contributed by atoms with Crippen molar-refractivity contribution >= 4 is 17.3 Å². The summed E-state index contributed by atoms with van der Waals surface area (Å²) in [6.45, 7) is 1.14. The van der Waals surface area contributed by atoms with E-state index in [1.807, 2.05) is 0 Å². The molecule has 2 aromatic heterocycles. The van der Waals surface area contributed by atoms with E-state index in [-0.39, 0.29) is 5.56 Å². The van der Waals surface area contributed by atoms with Crippen LogP contribution in [0.2, 0.25) is 0 Å². The molecule has 90 valence electrons. The maximum absolute atomic E-state index is 10.9. The van der Waals surface area contributed by atoms with E-state index in [9.17, 15) is 4.79 Å². The summed E-state index contributed by atoms with van der Waals surface area (Å²) < 4.78 is 1.57. The Morgan fingerprint density at radius 1 is 1.53 bits per heavy atom. The van der Waals surface area contributed by atoms with Crippen LogP contribution in [-0.4, -0.2) is 25.8 Å². The summed E-state index contributed by atoms with van der Waals surface area (Å²) in [7, 11) is 1.73. The molecule has 7 heteroatoms. The molecule has 0 bridgehead atoms. The van der Waals surface area contributed by atoms with Gasteiger partial charge in [-0.25, -0.2) is 4.79 Å². The highest BCUT2D eigenvalue weighted by molar-refractivity contribution is 7.09. The zero-order chi connectivity index (χ0) is 12.3. The molecule has 0 aliphatic heterocycles. The van der Waals surface area contributed by atoms with E-state index in [0.717, 1.165) is 4.88 Å². The molecule has 0 aliphatic rings. The minimum atomic E-state index is -0.951. The Morgan fingerprint density at radius 2 is 2.35 bits per heavy atom. The van der Waals surface area contributed by atoms with Crippen LogP contribution in [0.3, 0.4) is 0 Å². The number of aryl methyl sites for hydroxylation is 1. The Balaban J connectivity index is 1.99. The van der Waals surface area contributed by atoms with Crippen LogP contribution in [0.1, 0.15) is 20.9 Å². The van der Waals surface area contributed by atoms with Gasteiger partial charge >= 0.3 is 5.97 Å². The lowest BCUT2D eigenvalue weighted by Crippen LogP contribution is -2.17. The molecule has 0 aromatic carbocycles. The lowest BCUT2D eigenvalue weighted by molar-refractivity contribution is 0.0695. The standard InChI is InChI=1S/C10H12N4O2S/c1-14-9(8(4-13-14)10(15)16)5-11-2-7-3-12-6-17-7/h3-4,6,11H,2,5H2,1H3,(H,15,16). The average molecular weight is 252 g/mol. The summed E-state index contributed by atoms with van der Waals surface area (Å²) in [5.41, 5.74) is 2.68. The molecule has 17 heavy (non-hydrogen) atoms. The van der Waals surface area contributed by atoms with E-state index in [0.29, 0.717) is 18.8 Å². The number of nitrogens with zero attached hydrogens (tertiary/aromatic N) is 3. The van der Waals surface area contributed by atoms with Crippen LogP contribution in [0.4, 0.5) is 0 Å². The van der Waals surface area contributed by atoms with Crippen LogP contribution in [0.25, 0.3) is 0 Å². The van der Waals surface area contributed by atoms with Crippen molar-refractivity contribution in [3.8, 4) is 0 Å². The molecule has 2 N–H and O–H groups in total. The number of aromatic nitrogens is 3. The van der Waals surface area contributed by atoms with E-state index in [1.165, 1.54) is 6.20 Å². The van der Waals surface area contributed by atoms with Crippen LogP contribution in [-0.2, 0) is 20.1 Å². The summed E-state index contributed by atoms with van der Waals surface area (Å²) >= 11 is 1.56. The molecule has 2 rings (SSSR count). The van der Waals surface area contributed by atoms with Crippen LogP contribution in [0, 0.1) is 0 Å². The first-order valence-electron chi connectivity index (χ1n) is 5.00. The van der Waals surface area contributed by atoms with Crippen molar-refractivity contribution in [2.45, 2.75) is 13.1 Å². The Kier molecular flexibility index (Phi) is 3.50. The fraction of sp³-hybridized carbons (Fsp3) is 0.300. The van der Waals surface area contributed by atoms with Crippen LogP contribution < -0.4 is 5.32 Å². The topological polar surface area (TPSA) is 80.0 Å². The lowest BCUT2D eigenvalue weighted by Gasteiger charge is -2.05. The number of rotatable bonds is 5. The summed E-state index contributed by atoms with van der Waals surface area (Å²) in [4.78, 5) is 16.0. The number of thiazole rings is 1. The first kappa shape index (κ1) is 11.7. The highest BCUT2D eigenvalue weighted by atomic mass is 32.1. The maximum atomic E-state index is 10.9. The Morgan fingerprint density at radius 3 is 3.00 bits per heavy atom. The van der Waals surface area contributed by atoms with Gasteiger partial charge in [0.15, 0.2) is 0 Å². The van der Waals surface area contributed by atoms with Crippen LogP contribution in [0.5, 0.6) is 0 Å². The highest BCUT2D eigenvalue weighted by Crippen LogP contribution is 2.09. The molecule has 0 fully saturated rings. The molecule has 0 radical (unpaired) electrons. The number of hydrogen-bond acceptors (Lipinski definition) is 5. The maximum Gasteiger partial charge on any atom is 0.339 e. The first-order valence-corrected chi connectivity index (χ1v) is 5.88. The number of aromatic carboxylic acids is 1. The fourth-order valence-electron chi connectivity index (χ4n) is 1.48. The molecule has 6 nitrogen and oxygen atoms in total. The number of carboxylic acids is 1. The largest absolute Gasteiger partial charge is 0.478 e. The fourth-order valence-corrected chi connectivity index (χ4v) is 2.05. The molecule has 0 saturated carbocycles. The summed E-state index contributed by atoms with van der Waals surface area (Å²) in [6, 6.07) is 0. The third-order valence-electron chi connectivity index (χ3n) is 2.37. The van der Waals surface area contributed by atoms with Crippen molar-refractivity contribution in [2.24, 2.45) is 7.05 Å². The van der Waals surface area contributed by atoms with Gasteiger partial charge in [-0.2, -0.15) is 5.10 Å². The summed E-state index contributed by atoms with van der Waals surface area (Å²) in [6.07, 6.45) is 3.16. The second kappa shape index (κ2) is 5.07. The van der Waals surface area contributed by atoms with Gasteiger partial charge in [-0.1, -0.05) is 0 Å². The van der Waals surface area contributed by atoms with Gasteiger partial charge in [0.1, 0.15) is 5.56 Å². The van der Waals surface area contributed by atoms with Gasteiger partial charge in [0.05, 0.1) is 17.4 Å². The normalized spacial score (nSPS) is 10.6. The van der Waals surface area contributed by atoms with E-state index in [1.54, 1.807) is 34.8 Å². The van der Waals surface area contributed by atoms with Crippen LogP contribution in [0.15, 0.2) is 17.9 Å². The van der Waals surface area contributed by atoms with E-state index < -0.39 is 5.97 Å². The van der Waals surface area contributed by atoms with Gasteiger partial charge in [0, 0.05) is 31.2 Å². The second-order valence-corrected chi connectivity index (χ2v) is 4.48. The summed E-state index contributed by atoms with van der Waals surface area (Å²) in [5.74, 6) is -0.951. The van der Waals surface area contributed by atoms with Crippen LogP contribution >= 0.6 is 11.3 Å². The predicted molar refractivity (Wildman–Crippen MR) is 62.8 cm³/mol. The smallest absolute Gasteiger partial charge is 0.339 e. The monoisotopic (exact) mass is 252 g/mol. The zero-order valence-electron chi connectivity index (χ0n) is 9.25. The van der Waals surface area contributed by atoms with E-state index in [2.05, 4.69) is 15.4 Å². The average Bonchev–Trinajstić information content (AvgIpc) is 2.89. The van der Waals surface area contributed by atoms with Gasteiger partial charge < -0.3 is 10.4 Å². The predicted octanol–water partition coefficient (Wildman–Crippen LogP) is 0.865. The van der Waals surface area contributed by atoms with Gasteiger partial charge in [-0.15, -0.1) is 11.3 Å².